The van der Waals surface area contributed by atoms with Crippen molar-refractivity contribution in [2.75, 3.05) is 20.6 Å². The minimum Gasteiger partial charge on any atom is -0.354 e. The van der Waals surface area contributed by atoms with Crippen molar-refractivity contribution in [2.24, 2.45) is 17.8 Å². The summed E-state index contributed by atoms with van der Waals surface area (Å²) in [5, 5.41) is 3.11. The molecule has 1 aromatic carbocycles. The number of benzene rings is 1. The summed E-state index contributed by atoms with van der Waals surface area (Å²) in [7, 11) is 3.92. The summed E-state index contributed by atoms with van der Waals surface area (Å²) in [6.45, 7) is 0.531. The Kier molecular flexibility index (Phi) is 4.48. The van der Waals surface area contributed by atoms with Crippen LogP contribution in [0.25, 0.3) is 0 Å². The summed E-state index contributed by atoms with van der Waals surface area (Å²) in [5.41, 5.74) is 0.901. The molecule has 0 saturated heterocycles. The van der Waals surface area contributed by atoms with E-state index in [1.54, 1.807) is 12.1 Å². The minimum absolute atomic E-state index is 0.00163. The summed E-state index contributed by atoms with van der Waals surface area (Å²) in [6.07, 6.45) is 4.81. The first-order valence-electron chi connectivity index (χ1n) is 8.24. The molecule has 2 aliphatic carbocycles. The average molecular weight is 304 g/mol. The first-order chi connectivity index (χ1) is 10.5. The van der Waals surface area contributed by atoms with Gasteiger partial charge in [0.05, 0.1) is 6.04 Å². The van der Waals surface area contributed by atoms with Crippen LogP contribution in [0.2, 0.25) is 0 Å². The van der Waals surface area contributed by atoms with Gasteiger partial charge in [0.25, 0.3) is 0 Å². The van der Waals surface area contributed by atoms with Crippen molar-refractivity contribution in [3.63, 3.8) is 0 Å². The van der Waals surface area contributed by atoms with Crippen LogP contribution < -0.4 is 5.32 Å². The van der Waals surface area contributed by atoms with Gasteiger partial charge in [-0.15, -0.1) is 0 Å². The van der Waals surface area contributed by atoms with Gasteiger partial charge in [-0.25, -0.2) is 4.39 Å². The maximum Gasteiger partial charge on any atom is 0.223 e. The van der Waals surface area contributed by atoms with E-state index < -0.39 is 0 Å². The molecule has 2 saturated carbocycles. The SMILES string of the molecule is CN(C)C(CNC(=O)C1CC2CCC1C2)c1cccc(F)c1. The second-order valence-electron chi connectivity index (χ2n) is 7.06. The van der Waals surface area contributed by atoms with Gasteiger partial charge in [-0.05, 0) is 62.9 Å². The summed E-state index contributed by atoms with van der Waals surface area (Å²) in [4.78, 5) is 14.5. The van der Waals surface area contributed by atoms with Crippen LogP contribution in [0.15, 0.2) is 24.3 Å². The molecule has 0 aromatic heterocycles. The number of fused-ring (bicyclic) bond motifs is 2. The van der Waals surface area contributed by atoms with Gasteiger partial charge in [0.1, 0.15) is 5.82 Å². The van der Waals surface area contributed by atoms with Crippen LogP contribution in [0.5, 0.6) is 0 Å². The zero-order valence-electron chi connectivity index (χ0n) is 13.4. The van der Waals surface area contributed by atoms with Crippen LogP contribution in [0.3, 0.4) is 0 Å². The molecule has 4 heteroatoms. The Morgan fingerprint density at radius 2 is 2.18 bits per heavy atom. The number of rotatable bonds is 5. The fraction of sp³-hybridized carbons (Fsp3) is 0.611. The van der Waals surface area contributed by atoms with E-state index in [4.69, 9.17) is 0 Å². The van der Waals surface area contributed by atoms with E-state index >= 15 is 0 Å². The van der Waals surface area contributed by atoms with Gasteiger partial charge in [0.2, 0.25) is 5.91 Å². The average Bonchev–Trinajstić information content (AvgIpc) is 3.09. The zero-order valence-corrected chi connectivity index (χ0v) is 13.4. The van der Waals surface area contributed by atoms with Crippen LogP contribution >= 0.6 is 0 Å². The lowest BCUT2D eigenvalue weighted by molar-refractivity contribution is -0.126. The van der Waals surface area contributed by atoms with Crippen molar-refractivity contribution >= 4 is 5.91 Å². The summed E-state index contributed by atoms with van der Waals surface area (Å²) >= 11 is 0. The molecule has 3 nitrogen and oxygen atoms in total. The van der Waals surface area contributed by atoms with E-state index in [1.165, 1.54) is 25.3 Å². The molecule has 1 amide bonds. The third kappa shape index (κ3) is 3.17. The number of hydrogen-bond acceptors (Lipinski definition) is 2. The number of likely N-dealkylation sites (N-methyl/N-ethyl adjacent to an activating group) is 1. The van der Waals surface area contributed by atoms with Crippen molar-refractivity contribution in [2.45, 2.75) is 31.7 Å². The van der Waals surface area contributed by atoms with Gasteiger partial charge in [-0.3, -0.25) is 4.79 Å². The normalized spacial score (nSPS) is 28.1. The molecule has 4 unspecified atom stereocenters. The van der Waals surface area contributed by atoms with E-state index in [2.05, 4.69) is 5.32 Å². The van der Waals surface area contributed by atoms with E-state index in [-0.39, 0.29) is 23.7 Å². The van der Waals surface area contributed by atoms with E-state index in [0.29, 0.717) is 12.5 Å². The topological polar surface area (TPSA) is 32.3 Å². The van der Waals surface area contributed by atoms with E-state index in [1.807, 2.05) is 25.1 Å². The smallest absolute Gasteiger partial charge is 0.223 e. The molecule has 0 spiro atoms. The highest BCUT2D eigenvalue weighted by Crippen LogP contribution is 2.48. The zero-order chi connectivity index (χ0) is 15.7. The second-order valence-corrected chi connectivity index (χ2v) is 7.06. The Morgan fingerprint density at radius 1 is 1.36 bits per heavy atom. The standard InChI is InChI=1S/C18H25FN2O/c1-21(2)17(14-4-3-5-15(19)10-14)11-20-18(22)16-9-12-6-7-13(16)8-12/h3-5,10,12-13,16-17H,6-9,11H2,1-2H3,(H,20,22). The fourth-order valence-corrected chi connectivity index (χ4v) is 4.21. The summed E-state index contributed by atoms with van der Waals surface area (Å²) in [6, 6.07) is 6.63. The first-order valence-corrected chi connectivity index (χ1v) is 8.24. The largest absolute Gasteiger partial charge is 0.354 e. The summed E-state index contributed by atoms with van der Waals surface area (Å²) in [5.74, 6) is 1.53. The Balaban J connectivity index is 1.61. The highest BCUT2D eigenvalue weighted by Gasteiger charge is 2.43. The molecule has 22 heavy (non-hydrogen) atoms. The molecule has 2 aliphatic rings. The van der Waals surface area contributed by atoms with Crippen LogP contribution in [0.4, 0.5) is 4.39 Å². The summed E-state index contributed by atoms with van der Waals surface area (Å²) < 4.78 is 13.4. The third-order valence-electron chi connectivity index (χ3n) is 5.40. The number of amides is 1. The Labute approximate surface area is 131 Å². The van der Waals surface area contributed by atoms with Gasteiger partial charge in [-0.1, -0.05) is 18.6 Å². The van der Waals surface area contributed by atoms with E-state index in [0.717, 1.165) is 17.9 Å². The molecule has 1 aromatic rings. The number of carbonyl (C=O) groups is 1. The quantitative estimate of drug-likeness (QED) is 0.907. The fourth-order valence-electron chi connectivity index (χ4n) is 4.21. The monoisotopic (exact) mass is 304 g/mol. The first kappa shape index (κ1) is 15.5. The van der Waals surface area contributed by atoms with Gasteiger partial charge in [0, 0.05) is 12.5 Å². The van der Waals surface area contributed by atoms with Crippen LogP contribution in [0, 0.1) is 23.6 Å². The molecular formula is C18H25FN2O. The van der Waals surface area contributed by atoms with Gasteiger partial charge < -0.3 is 10.2 Å². The van der Waals surface area contributed by atoms with Crippen LogP contribution in [-0.2, 0) is 4.79 Å². The lowest BCUT2D eigenvalue weighted by Crippen LogP contribution is -2.39. The van der Waals surface area contributed by atoms with Gasteiger partial charge >= 0.3 is 0 Å². The van der Waals surface area contributed by atoms with Gasteiger partial charge in [0.15, 0.2) is 0 Å². The molecule has 120 valence electrons. The highest BCUT2D eigenvalue weighted by atomic mass is 19.1. The lowest BCUT2D eigenvalue weighted by atomic mass is 9.88. The van der Waals surface area contributed by atoms with E-state index in [9.17, 15) is 9.18 Å². The second kappa shape index (κ2) is 6.37. The predicted octanol–water partition coefficient (Wildman–Crippen LogP) is 2.98. The number of nitrogens with one attached hydrogen (secondary N) is 1. The molecular weight excluding hydrogens is 279 g/mol. The number of carbonyl (C=O) groups excluding carboxylic acids is 1. The lowest BCUT2D eigenvalue weighted by Gasteiger charge is -2.27. The number of halogens is 1. The molecule has 3 rings (SSSR count). The molecule has 2 bridgehead atoms. The molecule has 2 fully saturated rings. The maximum absolute atomic E-state index is 13.4. The van der Waals surface area contributed by atoms with Crippen LogP contribution in [-0.4, -0.2) is 31.4 Å². The molecule has 0 aliphatic heterocycles. The predicted molar refractivity (Wildman–Crippen MR) is 84.8 cm³/mol. The number of hydrogen-bond donors (Lipinski definition) is 1. The van der Waals surface area contributed by atoms with Crippen molar-refractivity contribution in [1.82, 2.24) is 10.2 Å². The van der Waals surface area contributed by atoms with Crippen molar-refractivity contribution < 1.29 is 9.18 Å². The van der Waals surface area contributed by atoms with Crippen molar-refractivity contribution in [1.29, 1.82) is 0 Å². The molecule has 0 heterocycles. The Morgan fingerprint density at radius 3 is 2.77 bits per heavy atom. The minimum atomic E-state index is -0.233. The highest BCUT2D eigenvalue weighted by molar-refractivity contribution is 5.79. The number of nitrogens with zero attached hydrogens (tertiary/aromatic N) is 1. The van der Waals surface area contributed by atoms with Crippen LogP contribution in [0.1, 0.15) is 37.3 Å². The van der Waals surface area contributed by atoms with Crippen molar-refractivity contribution in [3.8, 4) is 0 Å². The Bertz CT molecular complexity index is 546. The molecule has 0 radical (unpaired) electrons. The third-order valence-corrected chi connectivity index (χ3v) is 5.40. The Hall–Kier alpha value is -1.42. The van der Waals surface area contributed by atoms with Crippen molar-refractivity contribution in [3.05, 3.63) is 35.6 Å². The molecule has 4 atom stereocenters. The van der Waals surface area contributed by atoms with Gasteiger partial charge in [-0.2, -0.15) is 0 Å². The maximum atomic E-state index is 13.4. The molecule has 1 N–H and O–H groups in total.